The Morgan fingerprint density at radius 3 is 2.75 bits per heavy atom. The van der Waals surface area contributed by atoms with E-state index in [1.165, 1.54) is 6.07 Å². The molecular formula is C14H14FN3O2. The summed E-state index contributed by atoms with van der Waals surface area (Å²) in [5.41, 5.74) is 6.97. The van der Waals surface area contributed by atoms with Gasteiger partial charge in [-0.15, -0.1) is 0 Å². The molecule has 1 aromatic heterocycles. The second kappa shape index (κ2) is 5.56. The third-order valence-electron chi connectivity index (χ3n) is 2.75. The monoisotopic (exact) mass is 275 g/mol. The van der Waals surface area contributed by atoms with Gasteiger partial charge < -0.3 is 15.7 Å². The number of aryl methyl sites for hydroxylation is 2. The maximum atomic E-state index is 13.9. The fourth-order valence-corrected chi connectivity index (χ4v) is 1.66. The van der Waals surface area contributed by atoms with Crippen LogP contribution in [-0.4, -0.2) is 16.0 Å². The van der Waals surface area contributed by atoms with Gasteiger partial charge in [0.25, 0.3) is 0 Å². The number of ether oxygens (including phenoxy) is 1. The number of pyridine rings is 1. The van der Waals surface area contributed by atoms with E-state index in [9.17, 15) is 4.39 Å². The molecule has 0 bridgehead atoms. The maximum Gasteiger partial charge on any atom is 0.230 e. The molecule has 0 amide bonds. The minimum Gasteiger partial charge on any atom is -0.435 e. The number of rotatable bonds is 3. The standard InChI is InChI=1S/C14H14FN3O2/c1-8-4-3-5-11(12(8)15)20-14-10(13(16)18-19)7-6-9(2)17-14/h3-7,19H,1-2H3,(H2,16,18). The SMILES string of the molecule is Cc1ccc(/C(N)=N/O)c(Oc2cccc(C)c2F)n1. The number of aromatic nitrogens is 1. The molecule has 3 N–H and O–H groups in total. The van der Waals surface area contributed by atoms with Crippen molar-refractivity contribution in [2.24, 2.45) is 10.9 Å². The summed E-state index contributed by atoms with van der Waals surface area (Å²) in [6.45, 7) is 3.39. The summed E-state index contributed by atoms with van der Waals surface area (Å²) in [5, 5.41) is 11.7. The van der Waals surface area contributed by atoms with Gasteiger partial charge in [-0.25, -0.2) is 9.37 Å². The lowest BCUT2D eigenvalue weighted by atomic mass is 10.2. The Labute approximate surface area is 115 Å². The Balaban J connectivity index is 2.47. The van der Waals surface area contributed by atoms with Gasteiger partial charge in [-0.3, -0.25) is 0 Å². The highest BCUT2D eigenvalue weighted by molar-refractivity contribution is 5.99. The van der Waals surface area contributed by atoms with Crippen molar-refractivity contribution in [1.82, 2.24) is 4.98 Å². The van der Waals surface area contributed by atoms with Crippen molar-refractivity contribution < 1.29 is 14.3 Å². The first-order valence-corrected chi connectivity index (χ1v) is 5.91. The van der Waals surface area contributed by atoms with E-state index in [0.29, 0.717) is 16.8 Å². The molecular weight excluding hydrogens is 261 g/mol. The van der Waals surface area contributed by atoms with Crippen LogP contribution in [0.2, 0.25) is 0 Å². The zero-order chi connectivity index (χ0) is 14.7. The van der Waals surface area contributed by atoms with Gasteiger partial charge in [0.05, 0.1) is 5.56 Å². The molecule has 0 radical (unpaired) electrons. The van der Waals surface area contributed by atoms with Gasteiger partial charge in [-0.1, -0.05) is 17.3 Å². The fraction of sp³-hybridized carbons (Fsp3) is 0.143. The number of amidine groups is 1. The molecule has 6 heteroatoms. The second-order valence-corrected chi connectivity index (χ2v) is 4.28. The normalized spacial score (nSPS) is 11.4. The molecule has 1 aromatic carbocycles. The van der Waals surface area contributed by atoms with Crippen LogP contribution in [-0.2, 0) is 0 Å². The van der Waals surface area contributed by atoms with Crippen LogP contribution in [0.25, 0.3) is 0 Å². The molecule has 0 fully saturated rings. The largest absolute Gasteiger partial charge is 0.435 e. The van der Waals surface area contributed by atoms with Gasteiger partial charge in [-0.2, -0.15) is 0 Å². The summed E-state index contributed by atoms with van der Waals surface area (Å²) < 4.78 is 19.4. The number of nitrogens with two attached hydrogens (primary N) is 1. The lowest BCUT2D eigenvalue weighted by Gasteiger charge is -2.11. The fourth-order valence-electron chi connectivity index (χ4n) is 1.66. The molecule has 0 aliphatic carbocycles. The van der Waals surface area contributed by atoms with Crippen molar-refractivity contribution in [3.8, 4) is 11.6 Å². The molecule has 0 unspecified atom stereocenters. The number of hydrogen-bond donors (Lipinski definition) is 2. The van der Waals surface area contributed by atoms with Crippen LogP contribution in [0.4, 0.5) is 4.39 Å². The Morgan fingerprint density at radius 2 is 2.05 bits per heavy atom. The third kappa shape index (κ3) is 2.69. The van der Waals surface area contributed by atoms with E-state index in [1.54, 1.807) is 38.1 Å². The summed E-state index contributed by atoms with van der Waals surface area (Å²) in [6, 6.07) is 8.08. The van der Waals surface area contributed by atoms with Gasteiger partial charge in [-0.05, 0) is 37.6 Å². The lowest BCUT2D eigenvalue weighted by Crippen LogP contribution is -2.15. The summed E-state index contributed by atoms with van der Waals surface area (Å²) >= 11 is 0. The van der Waals surface area contributed by atoms with Gasteiger partial charge >= 0.3 is 0 Å². The van der Waals surface area contributed by atoms with Gasteiger partial charge in [0, 0.05) is 5.69 Å². The molecule has 0 aliphatic rings. The first-order chi connectivity index (χ1) is 9.52. The predicted octanol–water partition coefficient (Wildman–Crippen LogP) is 2.72. The molecule has 2 rings (SSSR count). The molecule has 20 heavy (non-hydrogen) atoms. The van der Waals surface area contributed by atoms with Gasteiger partial charge in [0.2, 0.25) is 5.88 Å². The second-order valence-electron chi connectivity index (χ2n) is 4.28. The molecule has 0 saturated carbocycles. The summed E-state index contributed by atoms with van der Waals surface area (Å²) in [4.78, 5) is 4.15. The third-order valence-corrected chi connectivity index (χ3v) is 2.75. The Kier molecular flexibility index (Phi) is 3.84. The van der Waals surface area contributed by atoms with Crippen molar-refractivity contribution in [2.45, 2.75) is 13.8 Å². The van der Waals surface area contributed by atoms with E-state index in [4.69, 9.17) is 15.7 Å². The van der Waals surface area contributed by atoms with Crippen molar-refractivity contribution in [1.29, 1.82) is 0 Å². The summed E-state index contributed by atoms with van der Waals surface area (Å²) in [6.07, 6.45) is 0. The summed E-state index contributed by atoms with van der Waals surface area (Å²) in [7, 11) is 0. The average molecular weight is 275 g/mol. The van der Waals surface area contributed by atoms with Crippen molar-refractivity contribution in [3.63, 3.8) is 0 Å². The van der Waals surface area contributed by atoms with Crippen LogP contribution in [0.5, 0.6) is 11.6 Å². The predicted molar refractivity (Wildman–Crippen MR) is 72.7 cm³/mol. The highest BCUT2D eigenvalue weighted by atomic mass is 19.1. The minimum atomic E-state index is -0.471. The molecule has 2 aromatic rings. The first-order valence-electron chi connectivity index (χ1n) is 5.91. The van der Waals surface area contributed by atoms with Crippen LogP contribution >= 0.6 is 0 Å². The number of halogens is 1. The number of hydrogen-bond acceptors (Lipinski definition) is 4. The van der Waals surface area contributed by atoms with Crippen LogP contribution in [0, 0.1) is 19.7 Å². The zero-order valence-electron chi connectivity index (χ0n) is 11.1. The van der Waals surface area contributed by atoms with E-state index < -0.39 is 5.82 Å². The summed E-state index contributed by atoms with van der Waals surface area (Å²) in [5.74, 6) is -0.498. The van der Waals surface area contributed by atoms with Gasteiger partial charge in [0.1, 0.15) is 0 Å². The number of oxime groups is 1. The van der Waals surface area contributed by atoms with Crippen LogP contribution in [0.15, 0.2) is 35.5 Å². The molecule has 5 nitrogen and oxygen atoms in total. The van der Waals surface area contributed by atoms with Crippen LogP contribution in [0.1, 0.15) is 16.8 Å². The number of benzene rings is 1. The van der Waals surface area contributed by atoms with E-state index in [0.717, 1.165) is 0 Å². The van der Waals surface area contributed by atoms with Crippen LogP contribution in [0.3, 0.4) is 0 Å². The first kappa shape index (κ1) is 13.8. The molecule has 1 heterocycles. The average Bonchev–Trinajstić information content (AvgIpc) is 2.43. The lowest BCUT2D eigenvalue weighted by molar-refractivity contribution is 0.318. The molecule has 0 saturated heterocycles. The minimum absolute atomic E-state index is 0.0371. The van der Waals surface area contributed by atoms with E-state index in [1.807, 2.05) is 0 Å². The van der Waals surface area contributed by atoms with E-state index in [-0.39, 0.29) is 17.5 Å². The smallest absolute Gasteiger partial charge is 0.230 e. The van der Waals surface area contributed by atoms with Crippen molar-refractivity contribution >= 4 is 5.84 Å². The quantitative estimate of drug-likeness (QED) is 0.390. The van der Waals surface area contributed by atoms with Crippen molar-refractivity contribution in [3.05, 3.63) is 53.0 Å². The maximum absolute atomic E-state index is 13.9. The Bertz CT molecular complexity index is 671. The van der Waals surface area contributed by atoms with Crippen molar-refractivity contribution in [2.75, 3.05) is 0 Å². The highest BCUT2D eigenvalue weighted by Crippen LogP contribution is 2.27. The topological polar surface area (TPSA) is 80.7 Å². The molecule has 0 atom stereocenters. The van der Waals surface area contributed by atoms with Crippen LogP contribution < -0.4 is 10.5 Å². The molecule has 0 aliphatic heterocycles. The van der Waals surface area contributed by atoms with E-state index in [2.05, 4.69) is 10.1 Å². The molecule has 0 spiro atoms. The van der Waals surface area contributed by atoms with E-state index >= 15 is 0 Å². The van der Waals surface area contributed by atoms with Gasteiger partial charge in [0.15, 0.2) is 17.4 Å². The Hall–Kier alpha value is -2.63. The number of nitrogens with zero attached hydrogens (tertiary/aromatic N) is 2. The molecule has 104 valence electrons. The Morgan fingerprint density at radius 1 is 1.30 bits per heavy atom. The highest BCUT2D eigenvalue weighted by Gasteiger charge is 2.14. The zero-order valence-corrected chi connectivity index (χ0v) is 11.1.